The zero-order valence-corrected chi connectivity index (χ0v) is 7.07. The van der Waals surface area contributed by atoms with Crippen LogP contribution in [-0.4, -0.2) is 27.1 Å². The van der Waals surface area contributed by atoms with Crippen molar-refractivity contribution in [3.63, 3.8) is 0 Å². The molecule has 1 amide bonds. The summed E-state index contributed by atoms with van der Waals surface area (Å²) >= 11 is 0.686. The van der Waals surface area contributed by atoms with E-state index >= 15 is 0 Å². The normalized spacial score (nSPS) is 18.8. The first-order valence-corrected chi connectivity index (χ1v) is 3.99. The van der Waals surface area contributed by atoms with Crippen LogP contribution in [0.5, 0.6) is 0 Å². The fourth-order valence-corrected chi connectivity index (χ4v) is 1.59. The zero-order valence-electron chi connectivity index (χ0n) is 6.25. The third-order valence-electron chi connectivity index (χ3n) is 1.32. The molecule has 11 heavy (non-hydrogen) atoms. The fourth-order valence-electron chi connectivity index (χ4n) is 0.840. The van der Waals surface area contributed by atoms with Crippen molar-refractivity contribution >= 4 is 28.0 Å². The summed E-state index contributed by atoms with van der Waals surface area (Å²) in [4.78, 5) is 22.9. The first-order valence-electron chi connectivity index (χ1n) is 3.18. The van der Waals surface area contributed by atoms with E-state index in [9.17, 15) is 9.59 Å². The number of nitrogens with one attached hydrogen (secondary N) is 1. The average Bonchev–Trinajstić information content (AvgIpc) is 2.07. The Morgan fingerprint density at radius 2 is 2.00 bits per heavy atom. The van der Waals surface area contributed by atoms with Crippen LogP contribution in [0.25, 0.3) is 0 Å². The van der Waals surface area contributed by atoms with Gasteiger partial charge in [-0.2, -0.15) is 0 Å². The number of carbonyl (C=O) groups excluding carboxylic acids is 2. The summed E-state index contributed by atoms with van der Waals surface area (Å²) in [6.07, 6.45) is 0. The fraction of sp³-hybridized carbons (Fsp3) is 0.500. The van der Waals surface area contributed by atoms with Gasteiger partial charge >= 0.3 is 5.91 Å². The second-order valence-electron chi connectivity index (χ2n) is 2.46. The molecule has 0 spiro atoms. The Morgan fingerprint density at radius 1 is 1.45 bits per heavy atom. The molecule has 1 saturated heterocycles. The maximum atomic E-state index is 11.0. The van der Waals surface area contributed by atoms with Gasteiger partial charge in [0.25, 0.3) is 5.12 Å². The SMILES string of the molecule is CC(C)N1C(=N)SC(=O)C1=O. The third-order valence-corrected chi connectivity index (χ3v) is 2.07. The van der Waals surface area contributed by atoms with Gasteiger partial charge in [-0.15, -0.1) is 0 Å². The Labute approximate surface area is 68.4 Å². The van der Waals surface area contributed by atoms with Crippen LogP contribution < -0.4 is 0 Å². The van der Waals surface area contributed by atoms with Gasteiger partial charge in [0.1, 0.15) is 0 Å². The van der Waals surface area contributed by atoms with Crippen LogP contribution in [0.2, 0.25) is 0 Å². The molecule has 1 aliphatic rings. The van der Waals surface area contributed by atoms with E-state index in [4.69, 9.17) is 5.41 Å². The lowest BCUT2D eigenvalue weighted by Crippen LogP contribution is -2.36. The number of amidine groups is 1. The topological polar surface area (TPSA) is 61.2 Å². The molecule has 0 aromatic heterocycles. The monoisotopic (exact) mass is 172 g/mol. The zero-order chi connectivity index (χ0) is 8.59. The predicted octanol–water partition coefficient (Wildman–Crippen LogP) is 0.432. The third kappa shape index (κ3) is 1.28. The van der Waals surface area contributed by atoms with E-state index in [1.54, 1.807) is 13.8 Å². The lowest BCUT2D eigenvalue weighted by atomic mass is 10.3. The van der Waals surface area contributed by atoms with E-state index in [-0.39, 0.29) is 11.2 Å². The van der Waals surface area contributed by atoms with Gasteiger partial charge in [0.2, 0.25) is 0 Å². The van der Waals surface area contributed by atoms with Gasteiger partial charge < -0.3 is 0 Å². The Bertz CT molecular complexity index is 237. The van der Waals surface area contributed by atoms with E-state index in [1.807, 2.05) is 0 Å². The summed E-state index contributed by atoms with van der Waals surface area (Å²) in [5.74, 6) is -0.574. The molecule has 0 atom stereocenters. The molecule has 0 aromatic carbocycles. The molecule has 1 fully saturated rings. The van der Waals surface area contributed by atoms with Crippen LogP contribution in [0.4, 0.5) is 0 Å². The predicted molar refractivity (Wildman–Crippen MR) is 42.3 cm³/mol. The van der Waals surface area contributed by atoms with Crippen LogP contribution in [-0.2, 0) is 9.59 Å². The standard InChI is InChI=1S/C6H8N2O2S/c1-3(2)8-4(9)5(10)11-6(8)7/h3,7H,1-2H3. The highest BCUT2D eigenvalue weighted by Gasteiger charge is 2.36. The molecule has 0 aromatic rings. The number of rotatable bonds is 1. The molecule has 4 nitrogen and oxygen atoms in total. The first-order chi connectivity index (χ1) is 5.04. The number of hydrogen-bond acceptors (Lipinski definition) is 4. The number of thioether (sulfide) groups is 1. The van der Waals surface area contributed by atoms with Crippen molar-refractivity contribution in [1.29, 1.82) is 5.41 Å². The van der Waals surface area contributed by atoms with E-state index < -0.39 is 11.0 Å². The summed E-state index contributed by atoms with van der Waals surface area (Å²) < 4.78 is 0. The molecule has 0 aliphatic carbocycles. The summed E-state index contributed by atoms with van der Waals surface area (Å²) in [6, 6.07) is -0.103. The molecule has 1 N–H and O–H groups in total. The van der Waals surface area contributed by atoms with E-state index in [0.717, 1.165) is 0 Å². The van der Waals surface area contributed by atoms with E-state index in [1.165, 1.54) is 4.90 Å². The Hall–Kier alpha value is -0.840. The second-order valence-corrected chi connectivity index (χ2v) is 3.43. The summed E-state index contributed by atoms with van der Waals surface area (Å²) in [5.41, 5.74) is 0. The number of carbonyl (C=O) groups is 2. The maximum absolute atomic E-state index is 11.0. The summed E-state index contributed by atoms with van der Waals surface area (Å²) in [6.45, 7) is 3.54. The van der Waals surface area contributed by atoms with Crippen LogP contribution in [0.3, 0.4) is 0 Å². The molecule has 1 heterocycles. The molecular formula is C6H8N2O2S. The van der Waals surface area contributed by atoms with Crippen molar-refractivity contribution in [1.82, 2.24) is 4.90 Å². The molecule has 0 saturated carbocycles. The highest BCUT2D eigenvalue weighted by molar-refractivity contribution is 8.28. The van der Waals surface area contributed by atoms with Gasteiger partial charge in [0, 0.05) is 6.04 Å². The Kier molecular flexibility index (Phi) is 1.99. The Balaban J connectivity index is 2.88. The van der Waals surface area contributed by atoms with Crippen molar-refractivity contribution in [2.24, 2.45) is 0 Å². The van der Waals surface area contributed by atoms with Crippen LogP contribution >= 0.6 is 11.8 Å². The highest BCUT2D eigenvalue weighted by atomic mass is 32.2. The number of nitrogens with zero attached hydrogens (tertiary/aromatic N) is 1. The first kappa shape index (κ1) is 8.26. The highest BCUT2D eigenvalue weighted by Crippen LogP contribution is 2.21. The average molecular weight is 172 g/mol. The van der Waals surface area contributed by atoms with E-state index in [0.29, 0.717) is 11.8 Å². The molecular weight excluding hydrogens is 164 g/mol. The van der Waals surface area contributed by atoms with Gasteiger partial charge in [-0.1, -0.05) is 0 Å². The van der Waals surface area contributed by atoms with Crippen molar-refractivity contribution in [3.8, 4) is 0 Å². The van der Waals surface area contributed by atoms with Gasteiger partial charge in [-0.25, -0.2) is 0 Å². The van der Waals surface area contributed by atoms with Crippen LogP contribution in [0.1, 0.15) is 13.8 Å². The lowest BCUT2D eigenvalue weighted by Gasteiger charge is -2.17. The van der Waals surface area contributed by atoms with E-state index in [2.05, 4.69) is 0 Å². The number of amides is 1. The molecule has 60 valence electrons. The smallest absolute Gasteiger partial charge is 0.281 e. The summed E-state index contributed by atoms with van der Waals surface area (Å²) in [5, 5.41) is 6.73. The molecule has 0 radical (unpaired) electrons. The largest absolute Gasteiger partial charge is 0.307 e. The van der Waals surface area contributed by atoms with Crippen LogP contribution in [0, 0.1) is 5.41 Å². The molecule has 5 heteroatoms. The van der Waals surface area contributed by atoms with Gasteiger partial charge in [-0.3, -0.25) is 19.9 Å². The van der Waals surface area contributed by atoms with Crippen molar-refractivity contribution in [2.45, 2.75) is 19.9 Å². The summed E-state index contributed by atoms with van der Waals surface area (Å²) in [7, 11) is 0. The van der Waals surface area contributed by atoms with Crippen molar-refractivity contribution < 1.29 is 9.59 Å². The minimum absolute atomic E-state index is 0.0370. The van der Waals surface area contributed by atoms with Gasteiger partial charge in [0.15, 0.2) is 5.17 Å². The lowest BCUT2D eigenvalue weighted by molar-refractivity contribution is -0.137. The van der Waals surface area contributed by atoms with Crippen molar-refractivity contribution in [2.75, 3.05) is 0 Å². The molecule has 1 aliphatic heterocycles. The second kappa shape index (κ2) is 2.65. The minimum Gasteiger partial charge on any atom is -0.281 e. The molecule has 0 unspecified atom stereocenters. The number of hydrogen-bond donors (Lipinski definition) is 1. The van der Waals surface area contributed by atoms with Crippen molar-refractivity contribution in [3.05, 3.63) is 0 Å². The van der Waals surface area contributed by atoms with Gasteiger partial charge in [0.05, 0.1) is 0 Å². The quantitative estimate of drug-likeness (QED) is 0.583. The Morgan fingerprint density at radius 3 is 2.18 bits per heavy atom. The molecule has 0 bridgehead atoms. The minimum atomic E-state index is -0.574. The van der Waals surface area contributed by atoms with Gasteiger partial charge in [-0.05, 0) is 25.6 Å². The molecule has 1 rings (SSSR count). The maximum Gasteiger partial charge on any atom is 0.307 e. The van der Waals surface area contributed by atoms with Crippen LogP contribution in [0.15, 0.2) is 0 Å².